The normalized spacial score (nSPS) is 13.6. The number of carbonyl (C=O) groups is 2. The second kappa shape index (κ2) is 8.16. The van der Waals surface area contributed by atoms with Gasteiger partial charge in [0.15, 0.2) is 11.6 Å². The summed E-state index contributed by atoms with van der Waals surface area (Å²) >= 11 is 7.09. The molecule has 4 rings (SSSR count). The molecule has 1 fully saturated rings. The summed E-state index contributed by atoms with van der Waals surface area (Å²) in [5, 5.41) is 9.69. The Hall–Kier alpha value is -2.58. The highest BCUT2D eigenvalue weighted by Crippen LogP contribution is 2.50. The molecule has 1 amide bonds. The molecule has 0 bridgehead atoms. The van der Waals surface area contributed by atoms with Crippen LogP contribution in [0.25, 0.3) is 10.9 Å². The average molecular weight is 465 g/mol. The van der Waals surface area contributed by atoms with Crippen LogP contribution in [0.2, 0.25) is 5.02 Å². The number of carbonyl (C=O) groups excluding carboxylic acids is 1. The van der Waals surface area contributed by atoms with Crippen LogP contribution in [0.5, 0.6) is 0 Å². The summed E-state index contributed by atoms with van der Waals surface area (Å²) in [4.78, 5) is 26.0. The van der Waals surface area contributed by atoms with Gasteiger partial charge in [-0.05, 0) is 37.1 Å². The number of benzene rings is 2. The van der Waals surface area contributed by atoms with Gasteiger partial charge in [-0.25, -0.2) is 13.6 Å². The van der Waals surface area contributed by atoms with Crippen molar-refractivity contribution in [1.29, 1.82) is 0 Å². The quantitative estimate of drug-likeness (QED) is 0.531. The molecule has 1 aliphatic carbocycles. The number of nitrogens with zero attached hydrogens (tertiary/aromatic N) is 2. The van der Waals surface area contributed by atoms with E-state index in [9.17, 15) is 19.1 Å². The molecule has 0 unspecified atom stereocenters. The number of fused-ring (bicyclic) bond motifs is 1. The zero-order valence-corrected chi connectivity index (χ0v) is 18.4. The van der Waals surface area contributed by atoms with Gasteiger partial charge in [0.2, 0.25) is 5.91 Å². The van der Waals surface area contributed by atoms with Crippen LogP contribution < -0.4 is 0 Å². The third kappa shape index (κ3) is 3.90. The number of aromatic nitrogens is 1. The molecule has 1 N–H and O–H groups in total. The number of carboxylic acid groups (broad SMARTS) is 1. The van der Waals surface area contributed by atoms with Gasteiger partial charge in [0.1, 0.15) is 6.54 Å². The lowest BCUT2D eigenvalue weighted by molar-refractivity contribution is -0.129. The first-order chi connectivity index (χ1) is 14.7. The van der Waals surface area contributed by atoms with E-state index in [-0.39, 0.29) is 33.8 Å². The Balaban J connectivity index is 1.95. The third-order valence-corrected chi connectivity index (χ3v) is 6.73. The van der Waals surface area contributed by atoms with Crippen LogP contribution in [0.1, 0.15) is 34.8 Å². The Morgan fingerprint density at radius 2 is 1.90 bits per heavy atom. The second-order valence-corrected chi connectivity index (χ2v) is 9.10. The van der Waals surface area contributed by atoms with E-state index in [0.717, 1.165) is 30.3 Å². The van der Waals surface area contributed by atoms with Crippen LogP contribution in [-0.4, -0.2) is 40.5 Å². The van der Waals surface area contributed by atoms with Crippen molar-refractivity contribution in [1.82, 2.24) is 9.47 Å². The van der Waals surface area contributed by atoms with Gasteiger partial charge in [0.05, 0.1) is 16.1 Å². The molecule has 5 nitrogen and oxygen atoms in total. The summed E-state index contributed by atoms with van der Waals surface area (Å²) in [6, 6.07) is 7.25. The zero-order valence-electron chi connectivity index (χ0n) is 16.8. The molecule has 2 aromatic carbocycles. The molecule has 1 aromatic heterocycles. The maximum atomic E-state index is 15.1. The van der Waals surface area contributed by atoms with Crippen LogP contribution in [0, 0.1) is 11.6 Å². The summed E-state index contributed by atoms with van der Waals surface area (Å²) in [7, 11) is 3.24. The molecule has 3 aromatic rings. The fourth-order valence-electron chi connectivity index (χ4n) is 3.54. The molecule has 0 aliphatic heterocycles. The maximum absolute atomic E-state index is 15.1. The number of aromatic carboxylic acids is 1. The molecule has 0 saturated heterocycles. The Morgan fingerprint density at radius 3 is 2.52 bits per heavy atom. The molecule has 1 aliphatic rings. The number of amides is 1. The smallest absolute Gasteiger partial charge is 0.338 e. The Bertz CT molecular complexity index is 1220. The van der Waals surface area contributed by atoms with Crippen LogP contribution >= 0.6 is 23.4 Å². The Kier molecular flexibility index (Phi) is 5.70. The summed E-state index contributed by atoms with van der Waals surface area (Å²) in [5.74, 6) is -2.96. The van der Waals surface area contributed by atoms with Crippen LogP contribution in [0.4, 0.5) is 8.78 Å². The zero-order chi connectivity index (χ0) is 22.4. The molecule has 0 spiro atoms. The summed E-state index contributed by atoms with van der Waals surface area (Å²) in [5.41, 5.74) is 0.511. The SMILES string of the molecule is CN(C)C(=O)Cn1c(C2CC2)c(Sc2cccc(C(=O)O)c2F)c2ccc(Cl)c(F)c21. The minimum absolute atomic E-state index is 0.0681. The molecule has 31 heavy (non-hydrogen) atoms. The van der Waals surface area contributed by atoms with Crippen molar-refractivity contribution in [2.75, 3.05) is 14.1 Å². The lowest BCUT2D eigenvalue weighted by atomic mass is 10.2. The van der Waals surface area contributed by atoms with E-state index in [1.807, 2.05) is 0 Å². The highest BCUT2D eigenvalue weighted by Gasteiger charge is 2.34. The lowest BCUT2D eigenvalue weighted by Gasteiger charge is -2.15. The summed E-state index contributed by atoms with van der Waals surface area (Å²) < 4.78 is 31.6. The lowest BCUT2D eigenvalue weighted by Crippen LogP contribution is -2.27. The highest BCUT2D eigenvalue weighted by atomic mass is 35.5. The first-order valence-electron chi connectivity index (χ1n) is 9.60. The van der Waals surface area contributed by atoms with Gasteiger partial charge in [-0.3, -0.25) is 4.79 Å². The van der Waals surface area contributed by atoms with Gasteiger partial charge in [0, 0.05) is 40.9 Å². The monoisotopic (exact) mass is 464 g/mol. The van der Waals surface area contributed by atoms with E-state index < -0.39 is 23.2 Å². The number of rotatable bonds is 6. The second-order valence-electron chi connectivity index (χ2n) is 7.65. The molecule has 162 valence electrons. The first-order valence-corrected chi connectivity index (χ1v) is 10.8. The van der Waals surface area contributed by atoms with Crippen LogP contribution in [0.15, 0.2) is 40.1 Å². The topological polar surface area (TPSA) is 62.5 Å². The van der Waals surface area contributed by atoms with Gasteiger partial charge in [-0.15, -0.1) is 0 Å². The number of likely N-dealkylation sites (N-methyl/N-ethyl adjacent to an activating group) is 1. The van der Waals surface area contributed by atoms with Gasteiger partial charge in [-0.2, -0.15) is 0 Å². The van der Waals surface area contributed by atoms with E-state index in [0.29, 0.717) is 10.3 Å². The van der Waals surface area contributed by atoms with E-state index in [4.69, 9.17) is 11.6 Å². The number of halogens is 3. The standard InChI is InChI=1S/C22H19ClF2N2O3S/c1-26(2)16(28)10-27-19(11-6-7-11)21(13-8-9-14(23)18(25)20(13)27)31-15-5-3-4-12(17(15)24)22(29)30/h3-5,8-9,11H,6-7,10H2,1-2H3,(H,29,30). The van der Waals surface area contributed by atoms with Crippen LogP contribution in [-0.2, 0) is 11.3 Å². The van der Waals surface area contributed by atoms with Crippen molar-refractivity contribution in [3.8, 4) is 0 Å². The van der Waals surface area contributed by atoms with Gasteiger partial charge in [-0.1, -0.05) is 29.4 Å². The van der Waals surface area contributed by atoms with Crippen molar-refractivity contribution in [2.24, 2.45) is 0 Å². The fourth-order valence-corrected chi connectivity index (χ4v) is 4.92. The van der Waals surface area contributed by atoms with Crippen molar-refractivity contribution in [2.45, 2.75) is 35.1 Å². The largest absolute Gasteiger partial charge is 0.478 e. The minimum Gasteiger partial charge on any atom is -0.478 e. The van der Waals surface area contributed by atoms with Crippen molar-refractivity contribution in [3.05, 3.63) is 58.2 Å². The predicted octanol–water partition coefficient (Wildman–Crippen LogP) is 5.39. The van der Waals surface area contributed by atoms with E-state index >= 15 is 4.39 Å². The van der Waals surface area contributed by atoms with E-state index in [1.165, 1.54) is 29.2 Å². The van der Waals surface area contributed by atoms with Gasteiger partial charge < -0.3 is 14.6 Å². The number of carboxylic acids is 1. The molecule has 1 saturated carbocycles. The molecule has 0 atom stereocenters. The molecule has 9 heteroatoms. The highest BCUT2D eigenvalue weighted by molar-refractivity contribution is 7.99. The Morgan fingerprint density at radius 1 is 1.19 bits per heavy atom. The average Bonchev–Trinajstić information content (AvgIpc) is 3.50. The van der Waals surface area contributed by atoms with Gasteiger partial charge in [0.25, 0.3) is 0 Å². The first kappa shape index (κ1) is 21.6. The number of hydrogen-bond donors (Lipinski definition) is 1. The summed E-state index contributed by atoms with van der Waals surface area (Å²) in [6.45, 7) is -0.0786. The van der Waals surface area contributed by atoms with E-state index in [2.05, 4.69) is 0 Å². The minimum atomic E-state index is -1.36. The van der Waals surface area contributed by atoms with Crippen molar-refractivity contribution >= 4 is 46.1 Å². The Labute approximate surface area is 186 Å². The summed E-state index contributed by atoms with van der Waals surface area (Å²) in [6.07, 6.45) is 1.74. The molecule has 0 radical (unpaired) electrons. The van der Waals surface area contributed by atoms with Crippen molar-refractivity contribution < 1.29 is 23.5 Å². The van der Waals surface area contributed by atoms with Gasteiger partial charge >= 0.3 is 5.97 Å². The molecular formula is C22H19ClF2N2O3S. The molecular weight excluding hydrogens is 446 g/mol. The molecule has 1 heterocycles. The van der Waals surface area contributed by atoms with Crippen molar-refractivity contribution in [3.63, 3.8) is 0 Å². The number of hydrogen-bond acceptors (Lipinski definition) is 3. The van der Waals surface area contributed by atoms with Crippen LogP contribution in [0.3, 0.4) is 0 Å². The maximum Gasteiger partial charge on any atom is 0.338 e. The van der Waals surface area contributed by atoms with E-state index in [1.54, 1.807) is 24.7 Å². The third-order valence-electron chi connectivity index (χ3n) is 5.27. The predicted molar refractivity (Wildman–Crippen MR) is 115 cm³/mol. The fraction of sp³-hybridized carbons (Fsp3) is 0.273.